The first-order valence-electron chi connectivity index (χ1n) is 9.78. The number of nitrogens with zero attached hydrogens (tertiary/aromatic N) is 3. The molecular formula is C21H23N5O5S2. The number of rotatable bonds is 10. The van der Waals surface area contributed by atoms with Gasteiger partial charge >= 0.3 is 5.97 Å². The number of esters is 1. The number of amides is 1. The minimum Gasteiger partial charge on any atom is -0.467 e. The molecule has 1 heterocycles. The maximum absolute atomic E-state index is 12.5. The van der Waals surface area contributed by atoms with Gasteiger partial charge in [0.15, 0.2) is 0 Å². The second kappa shape index (κ2) is 11.1. The first kappa shape index (κ1) is 24.4. The van der Waals surface area contributed by atoms with Crippen LogP contribution in [0, 0.1) is 0 Å². The molecule has 174 valence electrons. The molecule has 33 heavy (non-hydrogen) atoms. The molecule has 0 fully saturated rings. The molecular weight excluding hydrogens is 466 g/mol. The summed E-state index contributed by atoms with van der Waals surface area (Å²) in [5, 5.41) is 15.7. The van der Waals surface area contributed by atoms with Crippen molar-refractivity contribution in [1.82, 2.24) is 20.3 Å². The van der Waals surface area contributed by atoms with E-state index in [1.165, 1.54) is 35.7 Å². The highest BCUT2D eigenvalue weighted by molar-refractivity contribution is 7.98. The summed E-state index contributed by atoms with van der Waals surface area (Å²) in [7, 11) is -2.52. The van der Waals surface area contributed by atoms with E-state index < -0.39 is 27.9 Å². The van der Waals surface area contributed by atoms with Crippen LogP contribution in [0.15, 0.2) is 65.7 Å². The van der Waals surface area contributed by atoms with Crippen LogP contribution in [-0.2, 0) is 36.6 Å². The summed E-state index contributed by atoms with van der Waals surface area (Å²) in [6.07, 6.45) is 1.54. The van der Waals surface area contributed by atoms with Crippen molar-refractivity contribution in [2.24, 2.45) is 5.14 Å². The lowest BCUT2D eigenvalue weighted by atomic mass is 10.2. The molecule has 0 aliphatic heterocycles. The van der Waals surface area contributed by atoms with Gasteiger partial charge < -0.3 is 10.1 Å². The lowest BCUT2D eigenvalue weighted by Crippen LogP contribution is -2.44. The van der Waals surface area contributed by atoms with Gasteiger partial charge in [-0.3, -0.25) is 4.79 Å². The van der Waals surface area contributed by atoms with Gasteiger partial charge in [-0.25, -0.2) is 23.0 Å². The molecule has 0 radical (unpaired) electrons. The van der Waals surface area contributed by atoms with Crippen LogP contribution >= 0.6 is 11.8 Å². The number of nitrogens with two attached hydrogens (primary N) is 1. The molecule has 1 aromatic heterocycles. The Hall–Kier alpha value is -3.22. The standard InChI is InChI=1S/C21H23N5O5S2/c1-31-21(28)19(14-32-13-15-5-3-2-4-6-15)23-20(27)12-26-11-18(24-25-26)16-7-9-17(10-8-16)33(22,29)30/h2-11,19H,12-14H2,1H3,(H,23,27)(H2,22,29,30)/t19-/m0/s1. The van der Waals surface area contributed by atoms with Crippen molar-refractivity contribution in [3.8, 4) is 11.3 Å². The Labute approximate surface area is 195 Å². The molecule has 1 atom stereocenters. The normalized spacial score (nSPS) is 12.2. The molecule has 3 aromatic rings. The number of thioether (sulfide) groups is 1. The third kappa shape index (κ3) is 7.14. The smallest absolute Gasteiger partial charge is 0.329 e. The minimum absolute atomic E-state index is 0.0167. The van der Waals surface area contributed by atoms with E-state index in [0.29, 0.717) is 22.8 Å². The van der Waals surface area contributed by atoms with Gasteiger partial charge in [-0.2, -0.15) is 11.8 Å². The topological polar surface area (TPSA) is 146 Å². The van der Waals surface area contributed by atoms with Crippen molar-refractivity contribution in [1.29, 1.82) is 0 Å². The first-order valence-corrected chi connectivity index (χ1v) is 12.5. The van der Waals surface area contributed by atoms with Gasteiger partial charge in [-0.1, -0.05) is 47.7 Å². The van der Waals surface area contributed by atoms with Gasteiger partial charge in [0.05, 0.1) is 18.2 Å². The monoisotopic (exact) mass is 489 g/mol. The van der Waals surface area contributed by atoms with Gasteiger partial charge in [0.2, 0.25) is 15.9 Å². The summed E-state index contributed by atoms with van der Waals surface area (Å²) in [6, 6.07) is 14.8. The zero-order chi connectivity index (χ0) is 23.8. The molecule has 12 heteroatoms. The fourth-order valence-corrected chi connectivity index (χ4v) is 4.41. The van der Waals surface area contributed by atoms with Crippen molar-refractivity contribution in [2.45, 2.75) is 23.2 Å². The van der Waals surface area contributed by atoms with Crippen LogP contribution in [0.3, 0.4) is 0 Å². The third-order valence-electron chi connectivity index (χ3n) is 4.54. The molecule has 0 saturated carbocycles. The molecule has 0 aliphatic rings. The molecule has 10 nitrogen and oxygen atoms in total. The van der Waals surface area contributed by atoms with Crippen LogP contribution in [0.25, 0.3) is 11.3 Å². The fourth-order valence-electron chi connectivity index (χ4n) is 2.89. The van der Waals surface area contributed by atoms with Crippen molar-refractivity contribution in [3.63, 3.8) is 0 Å². The number of hydrogen-bond acceptors (Lipinski definition) is 8. The van der Waals surface area contributed by atoms with Gasteiger partial charge in [-0.05, 0) is 17.7 Å². The second-order valence-electron chi connectivity index (χ2n) is 7.01. The maximum Gasteiger partial charge on any atom is 0.329 e. The lowest BCUT2D eigenvalue weighted by Gasteiger charge is -2.16. The average molecular weight is 490 g/mol. The number of ether oxygens (including phenoxy) is 1. The summed E-state index contributed by atoms with van der Waals surface area (Å²) in [4.78, 5) is 24.6. The lowest BCUT2D eigenvalue weighted by molar-refractivity contribution is -0.144. The Morgan fingerprint density at radius 3 is 2.48 bits per heavy atom. The van der Waals surface area contributed by atoms with E-state index >= 15 is 0 Å². The highest BCUT2D eigenvalue weighted by Crippen LogP contribution is 2.18. The number of nitrogens with one attached hydrogen (secondary N) is 1. The summed E-state index contributed by atoms with van der Waals surface area (Å²) in [5.74, 6) is 0.0950. The van der Waals surface area contributed by atoms with E-state index in [4.69, 9.17) is 9.88 Å². The molecule has 0 unspecified atom stereocenters. The van der Waals surface area contributed by atoms with Crippen LogP contribution in [-0.4, -0.2) is 54.2 Å². The number of methoxy groups -OCH3 is 1. The van der Waals surface area contributed by atoms with Crippen molar-refractivity contribution in [2.75, 3.05) is 12.9 Å². The molecule has 0 spiro atoms. The number of sulfonamides is 1. The Balaban J connectivity index is 1.57. The summed E-state index contributed by atoms with van der Waals surface area (Å²) < 4.78 is 28.9. The number of primary sulfonamides is 1. The van der Waals surface area contributed by atoms with E-state index in [1.807, 2.05) is 30.3 Å². The number of benzene rings is 2. The van der Waals surface area contributed by atoms with Gasteiger partial charge in [0.1, 0.15) is 18.3 Å². The van der Waals surface area contributed by atoms with E-state index in [9.17, 15) is 18.0 Å². The average Bonchev–Trinajstić information content (AvgIpc) is 3.26. The number of hydrogen-bond donors (Lipinski definition) is 2. The zero-order valence-electron chi connectivity index (χ0n) is 17.7. The molecule has 3 rings (SSSR count). The molecule has 3 N–H and O–H groups in total. The van der Waals surface area contributed by atoms with Crippen molar-refractivity contribution < 1.29 is 22.7 Å². The first-order chi connectivity index (χ1) is 15.8. The molecule has 2 aromatic carbocycles. The third-order valence-corrected chi connectivity index (χ3v) is 6.58. The Morgan fingerprint density at radius 1 is 1.15 bits per heavy atom. The Morgan fingerprint density at radius 2 is 1.85 bits per heavy atom. The summed E-state index contributed by atoms with van der Waals surface area (Å²) in [6.45, 7) is -0.154. The predicted octanol–water partition coefficient (Wildman–Crippen LogP) is 1.18. The fraction of sp³-hybridized carbons (Fsp3) is 0.238. The van der Waals surface area contributed by atoms with Crippen molar-refractivity contribution >= 4 is 33.7 Å². The van der Waals surface area contributed by atoms with Crippen LogP contribution in [0.4, 0.5) is 0 Å². The van der Waals surface area contributed by atoms with Crippen LogP contribution in [0.1, 0.15) is 5.56 Å². The van der Waals surface area contributed by atoms with E-state index in [1.54, 1.807) is 18.3 Å². The largest absolute Gasteiger partial charge is 0.467 e. The Kier molecular flexibility index (Phi) is 8.20. The number of carbonyl (C=O) groups is 2. The van der Waals surface area contributed by atoms with Crippen LogP contribution in [0.2, 0.25) is 0 Å². The quantitative estimate of drug-likeness (QED) is 0.404. The van der Waals surface area contributed by atoms with Gasteiger partial charge in [0, 0.05) is 17.1 Å². The van der Waals surface area contributed by atoms with E-state index in [2.05, 4.69) is 15.6 Å². The van der Waals surface area contributed by atoms with E-state index in [0.717, 1.165) is 5.56 Å². The molecule has 0 aliphatic carbocycles. The summed E-state index contributed by atoms with van der Waals surface area (Å²) in [5.41, 5.74) is 2.18. The summed E-state index contributed by atoms with van der Waals surface area (Å²) >= 11 is 1.51. The highest BCUT2D eigenvalue weighted by Gasteiger charge is 2.22. The highest BCUT2D eigenvalue weighted by atomic mass is 32.2. The Bertz CT molecular complexity index is 1200. The molecule has 0 saturated heterocycles. The SMILES string of the molecule is COC(=O)[C@H](CSCc1ccccc1)NC(=O)Cn1cc(-c2ccc(S(N)(=O)=O)cc2)nn1. The molecule has 1 amide bonds. The molecule has 0 bridgehead atoms. The van der Waals surface area contributed by atoms with Gasteiger partial charge in [-0.15, -0.1) is 5.10 Å². The minimum atomic E-state index is -3.79. The maximum atomic E-state index is 12.5. The van der Waals surface area contributed by atoms with Gasteiger partial charge in [0.25, 0.3) is 0 Å². The van der Waals surface area contributed by atoms with Crippen LogP contribution in [0.5, 0.6) is 0 Å². The number of aromatic nitrogens is 3. The zero-order valence-corrected chi connectivity index (χ0v) is 19.4. The number of carbonyl (C=O) groups excluding carboxylic acids is 2. The van der Waals surface area contributed by atoms with Crippen LogP contribution < -0.4 is 10.5 Å². The van der Waals surface area contributed by atoms with Crippen molar-refractivity contribution in [3.05, 3.63) is 66.4 Å². The van der Waals surface area contributed by atoms with E-state index in [-0.39, 0.29) is 11.4 Å². The predicted molar refractivity (Wildman–Crippen MR) is 123 cm³/mol. The second-order valence-corrected chi connectivity index (χ2v) is 9.61.